The van der Waals surface area contributed by atoms with Crippen molar-refractivity contribution in [2.24, 2.45) is 0 Å². The minimum Gasteiger partial charge on any atom is -0.508 e. The van der Waals surface area contributed by atoms with Crippen molar-refractivity contribution >= 4 is 5.97 Å². The SMILES string of the molecule is COC(=O)c1ccc2c(c1)-c1ccc(O)cc1CC(C)(C)O2. The molecule has 0 amide bonds. The molecule has 0 spiro atoms. The topological polar surface area (TPSA) is 55.8 Å². The quantitative estimate of drug-likeness (QED) is 0.818. The van der Waals surface area contributed by atoms with Gasteiger partial charge in [-0.15, -0.1) is 0 Å². The highest BCUT2D eigenvalue weighted by Crippen LogP contribution is 2.41. The third-order valence-electron chi connectivity index (χ3n) is 3.78. The van der Waals surface area contributed by atoms with Crippen molar-refractivity contribution in [3.8, 4) is 22.6 Å². The van der Waals surface area contributed by atoms with Crippen LogP contribution in [0.25, 0.3) is 11.1 Å². The molecule has 0 aliphatic carbocycles. The molecule has 1 N–H and O–H groups in total. The van der Waals surface area contributed by atoms with E-state index < -0.39 is 5.60 Å². The Morgan fingerprint density at radius 1 is 1.18 bits per heavy atom. The second-order valence-corrected chi connectivity index (χ2v) is 6.08. The molecule has 22 heavy (non-hydrogen) atoms. The number of rotatable bonds is 1. The van der Waals surface area contributed by atoms with Crippen molar-refractivity contribution in [3.63, 3.8) is 0 Å². The number of fused-ring (bicyclic) bond motifs is 3. The average molecular weight is 298 g/mol. The van der Waals surface area contributed by atoms with E-state index in [1.165, 1.54) is 7.11 Å². The van der Waals surface area contributed by atoms with Crippen LogP contribution in [0.2, 0.25) is 0 Å². The van der Waals surface area contributed by atoms with E-state index in [2.05, 4.69) is 0 Å². The number of aromatic hydroxyl groups is 1. The Balaban J connectivity index is 2.24. The summed E-state index contributed by atoms with van der Waals surface area (Å²) < 4.78 is 10.9. The maximum absolute atomic E-state index is 11.8. The molecule has 2 aromatic carbocycles. The number of phenolic OH excluding ortho intramolecular Hbond substituents is 1. The Morgan fingerprint density at radius 2 is 1.95 bits per heavy atom. The van der Waals surface area contributed by atoms with E-state index in [1.807, 2.05) is 19.9 Å². The number of ether oxygens (including phenoxy) is 2. The van der Waals surface area contributed by atoms with E-state index in [4.69, 9.17) is 9.47 Å². The van der Waals surface area contributed by atoms with Gasteiger partial charge in [-0.1, -0.05) is 6.07 Å². The minimum atomic E-state index is -0.402. The summed E-state index contributed by atoms with van der Waals surface area (Å²) in [7, 11) is 1.36. The minimum absolute atomic E-state index is 0.224. The Kier molecular flexibility index (Phi) is 3.32. The number of methoxy groups -OCH3 is 1. The predicted molar refractivity (Wildman–Crippen MR) is 83.3 cm³/mol. The van der Waals surface area contributed by atoms with Crippen LogP contribution < -0.4 is 4.74 Å². The number of carbonyl (C=O) groups excluding carboxylic acids is 1. The van der Waals surface area contributed by atoms with E-state index in [-0.39, 0.29) is 11.7 Å². The third kappa shape index (κ3) is 2.52. The van der Waals surface area contributed by atoms with Gasteiger partial charge in [-0.2, -0.15) is 0 Å². The highest BCUT2D eigenvalue weighted by atomic mass is 16.5. The van der Waals surface area contributed by atoms with E-state index in [9.17, 15) is 9.90 Å². The number of phenols is 1. The monoisotopic (exact) mass is 298 g/mol. The molecule has 0 saturated carbocycles. The maximum atomic E-state index is 11.8. The Labute approximate surface area is 129 Å². The van der Waals surface area contributed by atoms with Gasteiger partial charge in [0.05, 0.1) is 12.7 Å². The summed E-state index contributed by atoms with van der Waals surface area (Å²) in [5, 5.41) is 9.76. The van der Waals surface area contributed by atoms with Crippen LogP contribution in [0, 0.1) is 0 Å². The first-order valence-corrected chi connectivity index (χ1v) is 7.13. The standard InChI is InChI=1S/C18H18O4/c1-18(2)10-12-8-13(19)5-6-14(12)15-9-11(17(20)21-3)4-7-16(15)22-18/h4-9,19H,10H2,1-3H3. The van der Waals surface area contributed by atoms with Crippen molar-refractivity contribution in [2.75, 3.05) is 7.11 Å². The molecule has 4 nitrogen and oxygen atoms in total. The second-order valence-electron chi connectivity index (χ2n) is 6.08. The molecule has 114 valence electrons. The van der Waals surface area contributed by atoms with E-state index >= 15 is 0 Å². The van der Waals surface area contributed by atoms with Crippen LogP contribution in [0.1, 0.15) is 29.8 Å². The third-order valence-corrected chi connectivity index (χ3v) is 3.78. The molecule has 2 aromatic rings. The van der Waals surface area contributed by atoms with Crippen LogP contribution in [-0.4, -0.2) is 23.8 Å². The van der Waals surface area contributed by atoms with E-state index in [1.54, 1.807) is 30.3 Å². The number of esters is 1. The van der Waals surface area contributed by atoms with Gasteiger partial charge in [-0.25, -0.2) is 4.79 Å². The first-order chi connectivity index (χ1) is 10.4. The molecule has 3 rings (SSSR count). The zero-order valence-electron chi connectivity index (χ0n) is 12.8. The molecule has 1 aliphatic rings. The van der Waals surface area contributed by atoms with E-state index in [0.717, 1.165) is 22.4 Å². The molecule has 0 unspecified atom stereocenters. The van der Waals surface area contributed by atoms with Gasteiger partial charge in [0.15, 0.2) is 0 Å². The van der Waals surface area contributed by atoms with Crippen LogP contribution in [0.3, 0.4) is 0 Å². The van der Waals surface area contributed by atoms with Gasteiger partial charge in [-0.3, -0.25) is 0 Å². The summed E-state index contributed by atoms with van der Waals surface area (Å²) in [6.07, 6.45) is 0.666. The first-order valence-electron chi connectivity index (χ1n) is 7.13. The van der Waals surface area contributed by atoms with Crippen LogP contribution >= 0.6 is 0 Å². The fourth-order valence-corrected chi connectivity index (χ4v) is 2.86. The first kappa shape index (κ1) is 14.4. The van der Waals surface area contributed by atoms with Gasteiger partial charge in [0.25, 0.3) is 0 Å². The zero-order chi connectivity index (χ0) is 15.9. The molecule has 0 fully saturated rings. The fraction of sp³-hybridized carbons (Fsp3) is 0.278. The molecule has 1 aliphatic heterocycles. The van der Waals surface area contributed by atoms with Crippen LogP contribution in [0.4, 0.5) is 0 Å². The van der Waals surface area contributed by atoms with Gasteiger partial charge < -0.3 is 14.6 Å². The van der Waals surface area contributed by atoms with Gasteiger partial charge in [0.2, 0.25) is 0 Å². The van der Waals surface area contributed by atoms with Gasteiger partial charge in [-0.05, 0) is 55.3 Å². The molecule has 0 radical (unpaired) electrons. The Morgan fingerprint density at radius 3 is 2.68 bits per heavy atom. The summed E-state index contributed by atoms with van der Waals surface area (Å²) >= 11 is 0. The Bertz CT molecular complexity index is 747. The summed E-state index contributed by atoms with van der Waals surface area (Å²) in [5.74, 6) is 0.566. The van der Waals surface area contributed by atoms with E-state index in [0.29, 0.717) is 12.0 Å². The molecular formula is C18H18O4. The van der Waals surface area contributed by atoms with Crippen LogP contribution in [0.15, 0.2) is 36.4 Å². The van der Waals surface area contributed by atoms with Crippen molar-refractivity contribution < 1.29 is 19.4 Å². The molecule has 0 atom stereocenters. The zero-order valence-corrected chi connectivity index (χ0v) is 12.8. The van der Waals surface area contributed by atoms with Crippen molar-refractivity contribution in [2.45, 2.75) is 25.9 Å². The largest absolute Gasteiger partial charge is 0.508 e. The number of carbonyl (C=O) groups is 1. The van der Waals surface area contributed by atoms with Crippen molar-refractivity contribution in [1.29, 1.82) is 0 Å². The lowest BCUT2D eigenvalue weighted by Crippen LogP contribution is -2.30. The number of benzene rings is 2. The van der Waals surface area contributed by atoms with Crippen molar-refractivity contribution in [1.82, 2.24) is 0 Å². The summed E-state index contributed by atoms with van der Waals surface area (Å²) in [6.45, 7) is 4.01. The van der Waals surface area contributed by atoms with Crippen molar-refractivity contribution in [3.05, 3.63) is 47.5 Å². The fourth-order valence-electron chi connectivity index (χ4n) is 2.86. The smallest absolute Gasteiger partial charge is 0.337 e. The van der Waals surface area contributed by atoms with Gasteiger partial charge >= 0.3 is 5.97 Å². The van der Waals surface area contributed by atoms with Crippen LogP contribution in [-0.2, 0) is 11.2 Å². The highest BCUT2D eigenvalue weighted by molar-refractivity contribution is 5.92. The lowest BCUT2D eigenvalue weighted by molar-refractivity contribution is 0.0600. The van der Waals surface area contributed by atoms with Gasteiger partial charge in [0.1, 0.15) is 17.1 Å². The lowest BCUT2D eigenvalue weighted by Gasteiger charge is -2.25. The summed E-state index contributed by atoms with van der Waals surface area (Å²) in [5.41, 5.74) is 2.86. The summed E-state index contributed by atoms with van der Waals surface area (Å²) in [6, 6.07) is 10.5. The predicted octanol–water partition coefficient (Wildman–Crippen LogP) is 3.56. The second kappa shape index (κ2) is 5.05. The molecular weight excluding hydrogens is 280 g/mol. The van der Waals surface area contributed by atoms with Crippen LogP contribution in [0.5, 0.6) is 11.5 Å². The molecule has 4 heteroatoms. The molecule has 1 heterocycles. The Hall–Kier alpha value is -2.49. The maximum Gasteiger partial charge on any atom is 0.337 e. The molecule has 0 saturated heterocycles. The molecule has 0 aromatic heterocycles. The average Bonchev–Trinajstić information content (AvgIpc) is 2.57. The normalized spacial score (nSPS) is 15.0. The lowest BCUT2D eigenvalue weighted by atomic mass is 9.92. The number of hydrogen-bond acceptors (Lipinski definition) is 4. The molecule has 0 bridgehead atoms. The highest BCUT2D eigenvalue weighted by Gasteiger charge is 2.28. The summed E-state index contributed by atoms with van der Waals surface area (Å²) in [4.78, 5) is 11.8. The number of hydrogen-bond donors (Lipinski definition) is 1. The van der Waals surface area contributed by atoms with Gasteiger partial charge in [0, 0.05) is 12.0 Å².